The molecular weight excluding hydrogens is 378 g/mol. The molecule has 5 nitrogen and oxygen atoms in total. The van der Waals surface area contributed by atoms with Crippen LogP contribution in [0.5, 0.6) is 5.75 Å². The number of amides is 2. The summed E-state index contributed by atoms with van der Waals surface area (Å²) in [5, 5.41) is 0. The van der Waals surface area contributed by atoms with Crippen molar-refractivity contribution >= 4 is 11.8 Å². The summed E-state index contributed by atoms with van der Waals surface area (Å²) < 4.78 is 32.0. The van der Waals surface area contributed by atoms with E-state index in [2.05, 4.69) is 0 Å². The van der Waals surface area contributed by atoms with Crippen LogP contribution in [0.2, 0.25) is 0 Å². The molecule has 0 spiro atoms. The number of piperidine rings is 1. The molecule has 154 valence electrons. The standard InChI is InChI=1S/C22H24F2N2O3/c23-17-4-1-15(2-5-17)3-10-22(28)26-12-11-20(16(14-26)13-21(25)27)29-19-8-6-18(24)7-9-19/h1-2,4-9,16,20H,3,10-14H2,(H2,25,27)/t16-,20-/m0/s1. The minimum atomic E-state index is -0.455. The fourth-order valence-electron chi connectivity index (χ4n) is 3.60. The van der Waals surface area contributed by atoms with Crippen LogP contribution in [0.1, 0.15) is 24.8 Å². The number of likely N-dealkylation sites (tertiary alicyclic amines) is 1. The van der Waals surface area contributed by atoms with Crippen LogP contribution in [0.4, 0.5) is 8.78 Å². The van der Waals surface area contributed by atoms with Crippen LogP contribution < -0.4 is 10.5 Å². The Hall–Kier alpha value is -2.96. The fraction of sp³-hybridized carbons (Fsp3) is 0.364. The Bertz CT molecular complexity index is 840. The zero-order chi connectivity index (χ0) is 20.8. The maximum atomic E-state index is 13.1. The number of halogens is 2. The molecule has 2 aromatic rings. The number of rotatable bonds is 7. The molecule has 2 N–H and O–H groups in total. The number of carbonyl (C=O) groups excluding carboxylic acids is 2. The van der Waals surface area contributed by atoms with Crippen LogP contribution in [0, 0.1) is 17.6 Å². The highest BCUT2D eigenvalue weighted by Gasteiger charge is 2.33. The van der Waals surface area contributed by atoms with Crippen LogP contribution in [-0.2, 0) is 16.0 Å². The summed E-state index contributed by atoms with van der Waals surface area (Å²) in [5.74, 6) is -0.861. The van der Waals surface area contributed by atoms with Gasteiger partial charge in [0.25, 0.3) is 0 Å². The van der Waals surface area contributed by atoms with Gasteiger partial charge in [0, 0.05) is 38.3 Å². The van der Waals surface area contributed by atoms with Crippen molar-refractivity contribution in [2.45, 2.75) is 31.8 Å². The van der Waals surface area contributed by atoms with Crippen LogP contribution in [0.15, 0.2) is 48.5 Å². The average molecular weight is 402 g/mol. The highest BCUT2D eigenvalue weighted by atomic mass is 19.1. The minimum Gasteiger partial charge on any atom is -0.490 e. The molecule has 1 fully saturated rings. The molecule has 1 aliphatic heterocycles. The van der Waals surface area contributed by atoms with Crippen molar-refractivity contribution in [3.8, 4) is 5.75 Å². The van der Waals surface area contributed by atoms with Gasteiger partial charge in [0.1, 0.15) is 23.5 Å². The molecule has 1 saturated heterocycles. The van der Waals surface area contributed by atoms with Gasteiger partial charge in [-0.05, 0) is 48.4 Å². The van der Waals surface area contributed by atoms with E-state index in [9.17, 15) is 18.4 Å². The summed E-state index contributed by atoms with van der Waals surface area (Å²) >= 11 is 0. The lowest BCUT2D eigenvalue weighted by atomic mass is 9.90. The number of nitrogens with zero attached hydrogens (tertiary/aromatic N) is 1. The number of hydrogen-bond donors (Lipinski definition) is 1. The summed E-state index contributed by atoms with van der Waals surface area (Å²) in [7, 11) is 0. The Morgan fingerprint density at radius 3 is 2.28 bits per heavy atom. The molecule has 1 aliphatic rings. The molecule has 0 aromatic heterocycles. The lowest BCUT2D eigenvalue weighted by Gasteiger charge is -2.38. The molecule has 7 heteroatoms. The predicted molar refractivity (Wildman–Crippen MR) is 104 cm³/mol. The number of nitrogens with two attached hydrogens (primary N) is 1. The summed E-state index contributed by atoms with van der Waals surface area (Å²) in [6, 6.07) is 11.8. The van der Waals surface area contributed by atoms with Crippen LogP contribution in [0.25, 0.3) is 0 Å². The minimum absolute atomic E-state index is 0.0240. The van der Waals surface area contributed by atoms with E-state index in [0.29, 0.717) is 38.1 Å². The van der Waals surface area contributed by atoms with Gasteiger partial charge in [-0.1, -0.05) is 12.1 Å². The van der Waals surface area contributed by atoms with Crippen LogP contribution in [-0.4, -0.2) is 35.9 Å². The number of benzene rings is 2. The lowest BCUT2D eigenvalue weighted by Crippen LogP contribution is -2.49. The summed E-state index contributed by atoms with van der Waals surface area (Å²) in [6.07, 6.45) is 1.20. The Morgan fingerprint density at radius 1 is 1.03 bits per heavy atom. The fourth-order valence-corrected chi connectivity index (χ4v) is 3.60. The van der Waals surface area contributed by atoms with E-state index >= 15 is 0 Å². The van der Waals surface area contributed by atoms with Crippen molar-refractivity contribution in [1.82, 2.24) is 4.90 Å². The van der Waals surface area contributed by atoms with E-state index in [4.69, 9.17) is 10.5 Å². The van der Waals surface area contributed by atoms with Gasteiger partial charge < -0.3 is 15.4 Å². The van der Waals surface area contributed by atoms with Crippen molar-refractivity contribution in [1.29, 1.82) is 0 Å². The molecule has 2 amide bonds. The van der Waals surface area contributed by atoms with Gasteiger partial charge >= 0.3 is 0 Å². The molecule has 0 saturated carbocycles. The molecule has 0 aliphatic carbocycles. The smallest absolute Gasteiger partial charge is 0.222 e. The Balaban J connectivity index is 1.59. The maximum Gasteiger partial charge on any atom is 0.222 e. The average Bonchev–Trinajstić information content (AvgIpc) is 2.70. The van der Waals surface area contributed by atoms with Crippen LogP contribution >= 0.6 is 0 Å². The van der Waals surface area contributed by atoms with E-state index < -0.39 is 5.91 Å². The first-order chi connectivity index (χ1) is 13.9. The third kappa shape index (κ3) is 6.01. The van der Waals surface area contributed by atoms with Crippen molar-refractivity contribution in [3.05, 3.63) is 65.7 Å². The SMILES string of the molecule is NC(=O)C[C@H]1CN(C(=O)CCc2ccc(F)cc2)CC[C@@H]1Oc1ccc(F)cc1. The number of aryl methyl sites for hydroxylation is 1. The van der Waals surface area contributed by atoms with Gasteiger partial charge in [0.05, 0.1) is 0 Å². The molecule has 0 unspecified atom stereocenters. The van der Waals surface area contributed by atoms with E-state index in [0.717, 1.165) is 5.56 Å². The van der Waals surface area contributed by atoms with Crippen molar-refractivity contribution in [3.63, 3.8) is 0 Å². The first kappa shape index (κ1) is 20.8. The predicted octanol–water partition coefficient (Wildman–Crippen LogP) is 3.07. The molecule has 29 heavy (non-hydrogen) atoms. The lowest BCUT2D eigenvalue weighted by molar-refractivity contribution is -0.136. The highest BCUT2D eigenvalue weighted by molar-refractivity contribution is 5.77. The van der Waals surface area contributed by atoms with Crippen molar-refractivity contribution < 1.29 is 23.1 Å². The van der Waals surface area contributed by atoms with Gasteiger partial charge in [-0.3, -0.25) is 9.59 Å². The van der Waals surface area contributed by atoms with Gasteiger partial charge in [-0.25, -0.2) is 8.78 Å². The molecular formula is C22H24F2N2O3. The second-order valence-corrected chi connectivity index (χ2v) is 7.30. The molecule has 0 radical (unpaired) electrons. The third-order valence-corrected chi connectivity index (χ3v) is 5.12. The maximum absolute atomic E-state index is 13.1. The topological polar surface area (TPSA) is 72.6 Å². The molecule has 2 atom stereocenters. The van der Waals surface area contributed by atoms with Crippen molar-refractivity contribution in [2.24, 2.45) is 11.7 Å². The zero-order valence-corrected chi connectivity index (χ0v) is 16.0. The third-order valence-electron chi connectivity index (χ3n) is 5.12. The Labute approximate surface area is 168 Å². The van der Waals surface area contributed by atoms with E-state index in [1.807, 2.05) is 0 Å². The van der Waals surface area contributed by atoms with E-state index in [1.165, 1.54) is 36.4 Å². The number of ether oxygens (including phenoxy) is 1. The normalized spacial score (nSPS) is 19.0. The largest absolute Gasteiger partial charge is 0.490 e. The van der Waals surface area contributed by atoms with E-state index in [-0.39, 0.29) is 36.0 Å². The number of carbonyl (C=O) groups is 2. The Morgan fingerprint density at radius 2 is 1.66 bits per heavy atom. The first-order valence-corrected chi connectivity index (χ1v) is 9.63. The zero-order valence-electron chi connectivity index (χ0n) is 16.0. The monoisotopic (exact) mass is 402 g/mol. The van der Waals surface area contributed by atoms with Crippen molar-refractivity contribution in [2.75, 3.05) is 13.1 Å². The van der Waals surface area contributed by atoms with Gasteiger partial charge in [0.2, 0.25) is 11.8 Å². The van der Waals surface area contributed by atoms with Crippen LogP contribution in [0.3, 0.4) is 0 Å². The van der Waals surface area contributed by atoms with E-state index in [1.54, 1.807) is 17.0 Å². The van der Waals surface area contributed by atoms with Gasteiger partial charge in [-0.2, -0.15) is 0 Å². The second kappa shape index (κ2) is 9.49. The van der Waals surface area contributed by atoms with Gasteiger partial charge in [0.15, 0.2) is 0 Å². The molecule has 3 rings (SSSR count). The molecule has 0 bridgehead atoms. The first-order valence-electron chi connectivity index (χ1n) is 9.63. The number of primary amides is 1. The molecule has 2 aromatic carbocycles. The highest BCUT2D eigenvalue weighted by Crippen LogP contribution is 2.26. The van der Waals surface area contributed by atoms with Gasteiger partial charge in [-0.15, -0.1) is 0 Å². The number of hydrogen-bond acceptors (Lipinski definition) is 3. The summed E-state index contributed by atoms with van der Waals surface area (Å²) in [6.45, 7) is 0.875. The Kier molecular flexibility index (Phi) is 6.80. The summed E-state index contributed by atoms with van der Waals surface area (Å²) in [5.41, 5.74) is 6.28. The molecule has 1 heterocycles. The summed E-state index contributed by atoms with van der Waals surface area (Å²) in [4.78, 5) is 25.9. The quantitative estimate of drug-likeness (QED) is 0.774. The second-order valence-electron chi connectivity index (χ2n) is 7.30.